The van der Waals surface area contributed by atoms with Crippen LogP contribution in [-0.4, -0.2) is 56.1 Å². The first-order valence-corrected chi connectivity index (χ1v) is 6.75. The highest BCUT2D eigenvalue weighted by molar-refractivity contribution is 5.04. The molecule has 1 aromatic rings. The average molecular weight is 269 g/mol. The SMILES string of the molecule is COCc1cc(CNC(C)CN2CCOCC2)no1. The van der Waals surface area contributed by atoms with Gasteiger partial charge in [-0.25, -0.2) is 0 Å². The maximum atomic E-state index is 5.34. The number of hydrogen-bond acceptors (Lipinski definition) is 6. The monoisotopic (exact) mass is 269 g/mol. The Morgan fingerprint density at radius 2 is 2.26 bits per heavy atom. The van der Waals surface area contributed by atoms with E-state index in [2.05, 4.69) is 22.3 Å². The average Bonchev–Trinajstić information content (AvgIpc) is 2.86. The van der Waals surface area contributed by atoms with Crippen LogP contribution in [0.4, 0.5) is 0 Å². The lowest BCUT2D eigenvalue weighted by atomic mass is 10.2. The van der Waals surface area contributed by atoms with Crippen molar-refractivity contribution < 1.29 is 14.0 Å². The summed E-state index contributed by atoms with van der Waals surface area (Å²) in [5.41, 5.74) is 0.917. The van der Waals surface area contributed by atoms with Crippen LogP contribution < -0.4 is 5.32 Å². The van der Waals surface area contributed by atoms with Crippen LogP contribution in [0.1, 0.15) is 18.4 Å². The Bertz CT molecular complexity index is 364. The normalized spacial score (nSPS) is 18.6. The number of rotatable bonds is 7. The molecule has 0 radical (unpaired) electrons. The first-order valence-electron chi connectivity index (χ1n) is 6.75. The fourth-order valence-corrected chi connectivity index (χ4v) is 2.16. The lowest BCUT2D eigenvalue weighted by molar-refractivity contribution is 0.0343. The molecule has 1 N–H and O–H groups in total. The van der Waals surface area contributed by atoms with E-state index in [9.17, 15) is 0 Å². The molecule has 2 rings (SSSR count). The Morgan fingerprint density at radius 3 is 3.00 bits per heavy atom. The zero-order chi connectivity index (χ0) is 13.5. The Balaban J connectivity index is 1.68. The van der Waals surface area contributed by atoms with E-state index >= 15 is 0 Å². The van der Waals surface area contributed by atoms with Crippen LogP contribution in [0.5, 0.6) is 0 Å². The second-order valence-electron chi connectivity index (χ2n) is 4.91. The van der Waals surface area contributed by atoms with Gasteiger partial charge in [-0.2, -0.15) is 0 Å². The quantitative estimate of drug-likeness (QED) is 0.783. The van der Waals surface area contributed by atoms with E-state index in [0.29, 0.717) is 12.6 Å². The van der Waals surface area contributed by atoms with E-state index in [1.54, 1.807) is 7.11 Å². The highest BCUT2D eigenvalue weighted by Gasteiger charge is 2.13. The maximum Gasteiger partial charge on any atom is 0.162 e. The summed E-state index contributed by atoms with van der Waals surface area (Å²) >= 11 is 0. The summed E-state index contributed by atoms with van der Waals surface area (Å²) in [6.45, 7) is 8.14. The molecular formula is C13H23N3O3. The Morgan fingerprint density at radius 1 is 1.47 bits per heavy atom. The largest absolute Gasteiger partial charge is 0.379 e. The zero-order valence-corrected chi connectivity index (χ0v) is 11.7. The van der Waals surface area contributed by atoms with Crippen molar-refractivity contribution in [3.05, 3.63) is 17.5 Å². The van der Waals surface area contributed by atoms with Crippen LogP contribution in [0.3, 0.4) is 0 Å². The summed E-state index contributed by atoms with van der Waals surface area (Å²) in [6, 6.07) is 2.35. The van der Waals surface area contributed by atoms with Gasteiger partial charge in [-0.1, -0.05) is 5.16 Å². The maximum absolute atomic E-state index is 5.34. The molecule has 1 aliphatic rings. The van der Waals surface area contributed by atoms with Crippen molar-refractivity contribution >= 4 is 0 Å². The topological polar surface area (TPSA) is 59.8 Å². The number of aromatic nitrogens is 1. The predicted molar refractivity (Wildman–Crippen MR) is 70.8 cm³/mol. The van der Waals surface area contributed by atoms with Crippen LogP contribution in [-0.2, 0) is 22.6 Å². The molecule has 108 valence electrons. The summed E-state index contributed by atoms with van der Waals surface area (Å²) in [6.07, 6.45) is 0. The second kappa shape index (κ2) is 7.59. The summed E-state index contributed by atoms with van der Waals surface area (Å²) in [5.74, 6) is 0.764. The third-order valence-electron chi connectivity index (χ3n) is 3.16. The Kier molecular flexibility index (Phi) is 5.78. The third-order valence-corrected chi connectivity index (χ3v) is 3.16. The summed E-state index contributed by atoms with van der Waals surface area (Å²) in [4.78, 5) is 2.42. The van der Waals surface area contributed by atoms with Crippen molar-refractivity contribution in [2.24, 2.45) is 0 Å². The molecule has 6 heteroatoms. The van der Waals surface area contributed by atoms with Crippen molar-refractivity contribution in [2.45, 2.75) is 26.1 Å². The molecule has 0 aliphatic carbocycles. The van der Waals surface area contributed by atoms with Gasteiger partial charge in [-0.15, -0.1) is 0 Å². The highest BCUT2D eigenvalue weighted by Crippen LogP contribution is 2.05. The number of methoxy groups -OCH3 is 1. The second-order valence-corrected chi connectivity index (χ2v) is 4.91. The van der Waals surface area contributed by atoms with Gasteiger partial charge in [-0.3, -0.25) is 4.90 Å². The van der Waals surface area contributed by atoms with Gasteiger partial charge in [0.05, 0.1) is 18.9 Å². The van der Waals surface area contributed by atoms with Gasteiger partial charge in [0.25, 0.3) is 0 Å². The molecule has 0 amide bonds. The fourth-order valence-electron chi connectivity index (χ4n) is 2.16. The number of nitrogens with one attached hydrogen (secondary N) is 1. The summed E-state index contributed by atoms with van der Waals surface area (Å²) in [7, 11) is 1.64. The van der Waals surface area contributed by atoms with E-state index in [1.807, 2.05) is 6.07 Å². The number of nitrogens with zero attached hydrogens (tertiary/aromatic N) is 2. The minimum atomic E-state index is 0.417. The molecule has 1 fully saturated rings. The molecule has 0 saturated carbocycles. The van der Waals surface area contributed by atoms with Crippen molar-refractivity contribution in [3.8, 4) is 0 Å². The predicted octanol–water partition coefficient (Wildman–Crippen LogP) is 0.631. The molecule has 1 saturated heterocycles. The van der Waals surface area contributed by atoms with Gasteiger partial charge >= 0.3 is 0 Å². The van der Waals surface area contributed by atoms with Gasteiger partial charge in [-0.05, 0) is 6.92 Å². The Hall–Kier alpha value is -0.950. The van der Waals surface area contributed by atoms with Crippen molar-refractivity contribution in [1.82, 2.24) is 15.4 Å². The molecule has 1 aliphatic heterocycles. The first-order chi connectivity index (χ1) is 9.28. The lowest BCUT2D eigenvalue weighted by Crippen LogP contribution is -2.44. The minimum absolute atomic E-state index is 0.417. The number of morpholine rings is 1. The molecule has 1 aromatic heterocycles. The minimum Gasteiger partial charge on any atom is -0.379 e. The van der Waals surface area contributed by atoms with Crippen molar-refractivity contribution in [2.75, 3.05) is 40.0 Å². The van der Waals surface area contributed by atoms with E-state index < -0.39 is 0 Å². The fraction of sp³-hybridized carbons (Fsp3) is 0.769. The van der Waals surface area contributed by atoms with E-state index in [1.165, 1.54) is 0 Å². The summed E-state index contributed by atoms with van der Waals surface area (Å²) in [5, 5.41) is 7.46. The molecule has 0 bridgehead atoms. The third kappa shape index (κ3) is 4.91. The molecule has 1 unspecified atom stereocenters. The first kappa shape index (κ1) is 14.5. The van der Waals surface area contributed by atoms with Crippen LogP contribution >= 0.6 is 0 Å². The zero-order valence-electron chi connectivity index (χ0n) is 11.7. The standard InChI is InChI=1S/C13H23N3O3/c1-11(9-16-3-5-18-6-4-16)14-8-12-7-13(10-17-2)19-15-12/h7,11,14H,3-6,8-10H2,1-2H3. The molecule has 19 heavy (non-hydrogen) atoms. The van der Waals surface area contributed by atoms with E-state index in [4.69, 9.17) is 14.0 Å². The molecule has 0 spiro atoms. The molecule has 6 nitrogen and oxygen atoms in total. The molecule has 0 aromatic carbocycles. The smallest absolute Gasteiger partial charge is 0.162 e. The van der Waals surface area contributed by atoms with Gasteiger partial charge in [0.15, 0.2) is 5.76 Å². The van der Waals surface area contributed by atoms with Crippen molar-refractivity contribution in [3.63, 3.8) is 0 Å². The van der Waals surface area contributed by atoms with Gasteiger partial charge < -0.3 is 19.3 Å². The highest BCUT2D eigenvalue weighted by atomic mass is 16.5. The lowest BCUT2D eigenvalue weighted by Gasteiger charge is -2.29. The van der Waals surface area contributed by atoms with Crippen LogP contribution in [0.2, 0.25) is 0 Å². The van der Waals surface area contributed by atoms with E-state index in [-0.39, 0.29) is 0 Å². The molecule has 2 heterocycles. The number of hydrogen-bond donors (Lipinski definition) is 1. The van der Waals surface area contributed by atoms with Crippen LogP contribution in [0, 0.1) is 0 Å². The van der Waals surface area contributed by atoms with Gasteiger partial charge in [0, 0.05) is 45.4 Å². The Labute approximate surface area is 114 Å². The molecule has 1 atom stereocenters. The molecular weight excluding hydrogens is 246 g/mol. The number of ether oxygens (including phenoxy) is 2. The van der Waals surface area contributed by atoms with Gasteiger partial charge in [0.2, 0.25) is 0 Å². The van der Waals surface area contributed by atoms with Crippen LogP contribution in [0.15, 0.2) is 10.6 Å². The van der Waals surface area contributed by atoms with Crippen LogP contribution in [0.25, 0.3) is 0 Å². The van der Waals surface area contributed by atoms with Crippen molar-refractivity contribution in [1.29, 1.82) is 0 Å². The van der Waals surface area contributed by atoms with E-state index in [0.717, 1.165) is 50.8 Å². The van der Waals surface area contributed by atoms with Gasteiger partial charge in [0.1, 0.15) is 6.61 Å². The summed E-state index contributed by atoms with van der Waals surface area (Å²) < 4.78 is 15.5.